The monoisotopic (exact) mass is 596 g/mol. The first kappa shape index (κ1) is 37.9. The topological polar surface area (TPSA) is 32.7 Å². The molecule has 236 valence electrons. The van der Waals surface area contributed by atoms with Gasteiger partial charge < -0.3 is 4.90 Å². The van der Waals surface area contributed by atoms with Crippen LogP contribution in [0, 0.1) is 11.8 Å². The van der Waals surface area contributed by atoms with E-state index in [1.165, 1.54) is 38.5 Å². The summed E-state index contributed by atoms with van der Waals surface area (Å²) in [7, 11) is 0. The van der Waals surface area contributed by atoms with Crippen LogP contribution < -0.4 is 4.90 Å². The van der Waals surface area contributed by atoms with Gasteiger partial charge in [-0.3, -0.25) is 9.79 Å². The molecule has 1 aromatic carbocycles. The van der Waals surface area contributed by atoms with Crippen molar-refractivity contribution in [2.45, 2.75) is 145 Å². The first-order chi connectivity index (χ1) is 19.8. The highest BCUT2D eigenvalue weighted by molar-refractivity contribution is 6.29. The van der Waals surface area contributed by atoms with Gasteiger partial charge in [0.15, 0.2) is 0 Å². The molecule has 0 saturated heterocycles. The number of aliphatic imine (C=N–C) groups is 1. The van der Waals surface area contributed by atoms with E-state index in [2.05, 4.69) is 83.1 Å². The van der Waals surface area contributed by atoms with E-state index in [1.807, 2.05) is 40.0 Å². The fraction of sp³-hybridized carbons (Fsp3) is 0.632. The first-order valence-corrected chi connectivity index (χ1v) is 16.9. The smallest absolute Gasteiger partial charge is 0.237 e. The highest BCUT2D eigenvalue weighted by Crippen LogP contribution is 2.48. The molecule has 0 bridgehead atoms. The van der Waals surface area contributed by atoms with Crippen molar-refractivity contribution in [1.29, 1.82) is 0 Å². The number of carbonyl (C=O) groups excluding carboxylic acids is 1. The van der Waals surface area contributed by atoms with Crippen LogP contribution in [-0.4, -0.2) is 18.2 Å². The van der Waals surface area contributed by atoms with Crippen molar-refractivity contribution in [3.8, 4) is 0 Å². The van der Waals surface area contributed by atoms with Crippen molar-refractivity contribution in [2.24, 2.45) is 16.8 Å². The van der Waals surface area contributed by atoms with Gasteiger partial charge in [-0.2, -0.15) is 0 Å². The number of halogens is 1. The molecule has 3 nitrogen and oxygen atoms in total. The van der Waals surface area contributed by atoms with Gasteiger partial charge in [0.25, 0.3) is 0 Å². The summed E-state index contributed by atoms with van der Waals surface area (Å²) in [6.45, 7) is 27.5. The summed E-state index contributed by atoms with van der Waals surface area (Å²) in [5.74, 6) is 1.78. The highest BCUT2D eigenvalue weighted by Gasteiger charge is 2.48. The fourth-order valence-electron chi connectivity index (χ4n) is 5.13. The van der Waals surface area contributed by atoms with Gasteiger partial charge in [-0.25, -0.2) is 0 Å². The quantitative estimate of drug-likeness (QED) is 0.142. The van der Waals surface area contributed by atoms with E-state index in [4.69, 9.17) is 11.6 Å². The molecule has 1 aliphatic heterocycles. The summed E-state index contributed by atoms with van der Waals surface area (Å²) in [6.07, 6.45) is 15.1. The molecule has 0 unspecified atom stereocenters. The molecule has 2 aliphatic rings. The molecule has 1 saturated carbocycles. The largest absolute Gasteiger partial charge is 0.308 e. The molecule has 1 aliphatic carbocycles. The van der Waals surface area contributed by atoms with Crippen LogP contribution in [0.5, 0.6) is 0 Å². The fourth-order valence-corrected chi connectivity index (χ4v) is 5.22. The Labute approximate surface area is 264 Å². The van der Waals surface area contributed by atoms with Crippen LogP contribution in [0.15, 0.2) is 52.1 Å². The number of benzene rings is 1. The van der Waals surface area contributed by atoms with Gasteiger partial charge in [0, 0.05) is 23.0 Å². The van der Waals surface area contributed by atoms with Crippen molar-refractivity contribution in [3.63, 3.8) is 0 Å². The molecule has 1 amide bonds. The summed E-state index contributed by atoms with van der Waals surface area (Å²) in [5.41, 5.74) is 5.28. The average molecular weight is 597 g/mol. The van der Waals surface area contributed by atoms with Gasteiger partial charge in [0.05, 0.1) is 11.1 Å². The molecule has 0 spiro atoms. The maximum absolute atomic E-state index is 13.3. The number of carbonyl (C=O) groups is 1. The molecule has 3 rings (SSSR count). The lowest BCUT2D eigenvalue weighted by Gasteiger charge is -2.41. The van der Waals surface area contributed by atoms with Gasteiger partial charge in [-0.15, -0.1) is 0 Å². The van der Waals surface area contributed by atoms with E-state index in [-0.39, 0.29) is 5.91 Å². The zero-order chi connectivity index (χ0) is 32.0. The third-order valence-corrected chi connectivity index (χ3v) is 8.32. The lowest BCUT2D eigenvalue weighted by Crippen LogP contribution is -2.49. The zero-order valence-corrected chi connectivity index (χ0v) is 29.6. The van der Waals surface area contributed by atoms with Crippen LogP contribution in [0.4, 0.5) is 5.69 Å². The molecule has 1 heterocycles. The molecule has 0 N–H and O–H groups in total. The summed E-state index contributed by atoms with van der Waals surface area (Å²) < 4.78 is 0. The van der Waals surface area contributed by atoms with E-state index in [9.17, 15) is 4.79 Å². The predicted molar refractivity (Wildman–Crippen MR) is 189 cm³/mol. The number of anilines is 1. The van der Waals surface area contributed by atoms with Crippen molar-refractivity contribution in [3.05, 3.63) is 58.3 Å². The summed E-state index contributed by atoms with van der Waals surface area (Å²) >= 11 is 6.25. The van der Waals surface area contributed by atoms with Crippen molar-refractivity contribution in [1.82, 2.24) is 0 Å². The molecule has 42 heavy (non-hydrogen) atoms. The number of allylic oxidation sites excluding steroid dienone is 4. The lowest BCUT2D eigenvalue weighted by molar-refractivity contribution is -0.123. The Morgan fingerprint density at radius 1 is 1.07 bits per heavy atom. The molecule has 1 fully saturated rings. The summed E-state index contributed by atoms with van der Waals surface area (Å²) in [5, 5.41) is 0.718. The van der Waals surface area contributed by atoms with E-state index in [1.54, 1.807) is 0 Å². The van der Waals surface area contributed by atoms with Gasteiger partial charge in [0.1, 0.15) is 0 Å². The van der Waals surface area contributed by atoms with Crippen LogP contribution in [0.2, 0.25) is 0 Å². The van der Waals surface area contributed by atoms with Gasteiger partial charge in [-0.05, 0) is 93.2 Å². The minimum absolute atomic E-state index is 0.213. The maximum atomic E-state index is 13.3. The maximum Gasteiger partial charge on any atom is 0.237 e. The van der Waals surface area contributed by atoms with Crippen LogP contribution >= 0.6 is 11.6 Å². The van der Waals surface area contributed by atoms with Crippen LogP contribution in [0.1, 0.15) is 145 Å². The van der Waals surface area contributed by atoms with Gasteiger partial charge in [-0.1, -0.05) is 117 Å². The minimum Gasteiger partial charge on any atom is -0.308 e. The standard InChI is InChI=1S/C27H35ClN2O.C7H16.C4H10/c1-8-12-29-24(18(4)19(5)28)13-17(3)21-10-11-23-25(16-21)30(26(31)27(23,6)7)22-14-20(9-2)15-22;1-3-5-7-6-4-2;1-4(2)3/h10-13,16,20,22H,3,8-9,14-15H2,1-2,4-7H3;3-7H2,1-2H3;4H,1-3H3/b19-18+,24-13+,29-12?;;. The number of hydrogen-bond acceptors (Lipinski definition) is 2. The van der Waals surface area contributed by atoms with E-state index in [0.717, 1.165) is 69.8 Å². The van der Waals surface area contributed by atoms with Crippen molar-refractivity contribution in [2.75, 3.05) is 4.90 Å². The molecule has 4 heteroatoms. The molecule has 0 radical (unpaired) electrons. The van der Waals surface area contributed by atoms with Crippen LogP contribution in [-0.2, 0) is 10.2 Å². The van der Waals surface area contributed by atoms with Crippen molar-refractivity contribution < 1.29 is 4.79 Å². The summed E-state index contributed by atoms with van der Waals surface area (Å²) in [6, 6.07) is 6.61. The SMILES string of the molecule is C=C(/C=C(N=CCC)\C(C)=C(/C)Cl)c1ccc2c(c1)N(C1CC(CC)C1)C(=O)C2(C)C.CC(C)C.CCCCCCC. The molecule has 0 atom stereocenters. The number of unbranched alkanes of at least 4 members (excludes halogenated alkanes) is 4. The zero-order valence-electron chi connectivity index (χ0n) is 28.9. The second-order valence-corrected chi connectivity index (χ2v) is 13.7. The molecule has 0 aromatic heterocycles. The Hall–Kier alpha value is -2.13. The first-order valence-electron chi connectivity index (χ1n) is 16.5. The number of hydrogen-bond donors (Lipinski definition) is 0. The van der Waals surface area contributed by atoms with E-state index in [0.29, 0.717) is 6.04 Å². The third kappa shape index (κ3) is 10.9. The van der Waals surface area contributed by atoms with E-state index < -0.39 is 5.41 Å². The third-order valence-electron chi connectivity index (χ3n) is 8.04. The van der Waals surface area contributed by atoms with E-state index >= 15 is 0 Å². The molecular formula is C38H61ClN2O. The summed E-state index contributed by atoms with van der Waals surface area (Å²) in [4.78, 5) is 20.0. The second kappa shape index (κ2) is 18.5. The highest BCUT2D eigenvalue weighted by atomic mass is 35.5. The Bertz CT molecular complexity index is 1090. The van der Waals surface area contributed by atoms with Gasteiger partial charge in [0.2, 0.25) is 5.91 Å². The normalized spacial score (nSPS) is 19.9. The van der Waals surface area contributed by atoms with Crippen molar-refractivity contribution >= 4 is 35.0 Å². The Morgan fingerprint density at radius 2 is 1.64 bits per heavy atom. The average Bonchev–Trinajstić information content (AvgIpc) is 3.10. The number of amides is 1. The molecule has 1 aromatic rings. The number of rotatable bonds is 11. The predicted octanol–water partition coefficient (Wildman–Crippen LogP) is 12.0. The second-order valence-electron chi connectivity index (χ2n) is 13.2. The Balaban J connectivity index is 0.000000683. The Morgan fingerprint density at radius 3 is 2.12 bits per heavy atom. The lowest BCUT2D eigenvalue weighted by atomic mass is 9.77. The van der Waals surface area contributed by atoms with Gasteiger partial charge >= 0.3 is 0 Å². The number of fused-ring (bicyclic) bond motifs is 1. The van der Waals surface area contributed by atoms with Crippen LogP contribution in [0.3, 0.4) is 0 Å². The Kier molecular flexibility index (Phi) is 16.7. The van der Waals surface area contributed by atoms with Crippen LogP contribution in [0.25, 0.3) is 5.57 Å². The minimum atomic E-state index is -0.492. The molecular weight excluding hydrogens is 536 g/mol. The number of nitrogens with zero attached hydrogens (tertiary/aromatic N) is 2.